The predicted octanol–water partition coefficient (Wildman–Crippen LogP) is 4.49. The molecule has 0 saturated carbocycles. The van der Waals surface area contributed by atoms with Gasteiger partial charge in [0, 0.05) is 11.1 Å². The van der Waals surface area contributed by atoms with Gasteiger partial charge < -0.3 is 10.1 Å². The second-order valence-corrected chi connectivity index (χ2v) is 5.38. The van der Waals surface area contributed by atoms with Gasteiger partial charge in [-0.25, -0.2) is 0 Å². The number of carbonyl (C=O) groups is 1. The minimum atomic E-state index is -0.216. The van der Waals surface area contributed by atoms with Gasteiger partial charge in [0.15, 0.2) is 0 Å². The first-order chi connectivity index (χ1) is 10.0. The molecule has 0 heterocycles. The van der Waals surface area contributed by atoms with Crippen LogP contribution in [0.15, 0.2) is 42.5 Å². The van der Waals surface area contributed by atoms with Crippen molar-refractivity contribution in [3.63, 3.8) is 0 Å². The molecule has 2 rings (SSSR count). The Morgan fingerprint density at radius 3 is 2.52 bits per heavy atom. The van der Waals surface area contributed by atoms with Gasteiger partial charge in [-0.15, -0.1) is 0 Å². The normalized spacial score (nSPS) is 11.8. The highest BCUT2D eigenvalue weighted by Crippen LogP contribution is 2.26. The topological polar surface area (TPSA) is 38.3 Å². The fourth-order valence-corrected chi connectivity index (χ4v) is 2.32. The van der Waals surface area contributed by atoms with E-state index in [-0.39, 0.29) is 11.9 Å². The molecular formula is C16H15Cl2NO2. The van der Waals surface area contributed by atoms with Crippen LogP contribution in [0.1, 0.15) is 28.9 Å². The standard InChI is InChI=1S/C16H15Cl2NO2/c1-10(12-5-3-4-6-15(12)21-2)19-16(20)11-7-8-13(17)14(18)9-11/h3-10H,1-2H3,(H,19,20)/t10-/m1/s1. The van der Waals surface area contributed by atoms with E-state index in [1.165, 1.54) is 0 Å². The van der Waals surface area contributed by atoms with Crippen molar-refractivity contribution in [2.45, 2.75) is 13.0 Å². The lowest BCUT2D eigenvalue weighted by atomic mass is 10.1. The molecule has 2 aromatic rings. The van der Waals surface area contributed by atoms with Crippen LogP contribution in [0.3, 0.4) is 0 Å². The van der Waals surface area contributed by atoms with Crippen molar-refractivity contribution in [1.29, 1.82) is 0 Å². The van der Waals surface area contributed by atoms with Crippen molar-refractivity contribution in [1.82, 2.24) is 5.32 Å². The lowest BCUT2D eigenvalue weighted by Crippen LogP contribution is -2.26. The number of nitrogens with one attached hydrogen (secondary N) is 1. The van der Waals surface area contributed by atoms with Crippen LogP contribution in [-0.2, 0) is 0 Å². The summed E-state index contributed by atoms with van der Waals surface area (Å²) in [5, 5.41) is 3.69. The van der Waals surface area contributed by atoms with Gasteiger partial charge in [0.1, 0.15) is 5.75 Å². The highest BCUT2D eigenvalue weighted by molar-refractivity contribution is 6.42. The summed E-state index contributed by atoms with van der Waals surface area (Å²) in [6, 6.07) is 12.2. The van der Waals surface area contributed by atoms with Crippen molar-refractivity contribution in [3.05, 3.63) is 63.6 Å². The lowest BCUT2D eigenvalue weighted by molar-refractivity contribution is 0.0939. The SMILES string of the molecule is COc1ccccc1[C@@H](C)NC(=O)c1ccc(Cl)c(Cl)c1. The van der Waals surface area contributed by atoms with Crippen LogP contribution in [-0.4, -0.2) is 13.0 Å². The molecule has 0 aliphatic rings. The number of benzene rings is 2. The molecule has 0 saturated heterocycles. The Labute approximate surface area is 133 Å². The Balaban J connectivity index is 2.16. The van der Waals surface area contributed by atoms with Crippen LogP contribution >= 0.6 is 23.2 Å². The summed E-state index contributed by atoms with van der Waals surface area (Å²) in [5.41, 5.74) is 1.37. The van der Waals surface area contributed by atoms with Crippen LogP contribution in [0.4, 0.5) is 0 Å². The van der Waals surface area contributed by atoms with Crippen molar-refractivity contribution in [2.75, 3.05) is 7.11 Å². The largest absolute Gasteiger partial charge is 0.496 e. The first kappa shape index (κ1) is 15.7. The van der Waals surface area contributed by atoms with Gasteiger partial charge in [0.05, 0.1) is 23.2 Å². The maximum absolute atomic E-state index is 12.2. The van der Waals surface area contributed by atoms with Gasteiger partial charge in [-0.1, -0.05) is 41.4 Å². The molecule has 0 aliphatic heterocycles. The summed E-state index contributed by atoms with van der Waals surface area (Å²) in [5.74, 6) is 0.520. The summed E-state index contributed by atoms with van der Waals surface area (Å²) in [6.07, 6.45) is 0. The minimum Gasteiger partial charge on any atom is -0.496 e. The van der Waals surface area contributed by atoms with Crippen molar-refractivity contribution in [2.24, 2.45) is 0 Å². The molecule has 0 bridgehead atoms. The number of ether oxygens (including phenoxy) is 1. The maximum atomic E-state index is 12.2. The summed E-state index contributed by atoms with van der Waals surface area (Å²) >= 11 is 11.8. The quantitative estimate of drug-likeness (QED) is 0.900. The molecule has 3 nitrogen and oxygen atoms in total. The zero-order valence-corrected chi connectivity index (χ0v) is 13.2. The molecular weight excluding hydrogens is 309 g/mol. The van der Waals surface area contributed by atoms with E-state index in [4.69, 9.17) is 27.9 Å². The van der Waals surface area contributed by atoms with Crippen molar-refractivity contribution < 1.29 is 9.53 Å². The third-order valence-corrected chi connectivity index (χ3v) is 3.87. The van der Waals surface area contributed by atoms with E-state index >= 15 is 0 Å². The molecule has 1 atom stereocenters. The van der Waals surface area contributed by atoms with Crippen LogP contribution in [0.2, 0.25) is 10.0 Å². The predicted molar refractivity (Wildman–Crippen MR) is 85.3 cm³/mol. The van der Waals surface area contributed by atoms with Gasteiger partial charge in [-0.05, 0) is 31.2 Å². The van der Waals surface area contributed by atoms with Gasteiger partial charge >= 0.3 is 0 Å². The molecule has 1 amide bonds. The lowest BCUT2D eigenvalue weighted by Gasteiger charge is -2.17. The number of halogens is 2. The molecule has 0 spiro atoms. The van der Waals surface area contributed by atoms with Crippen LogP contribution in [0, 0.1) is 0 Å². The van der Waals surface area contributed by atoms with E-state index in [1.807, 2.05) is 31.2 Å². The minimum absolute atomic E-state index is 0.192. The average molecular weight is 324 g/mol. The number of methoxy groups -OCH3 is 1. The first-order valence-electron chi connectivity index (χ1n) is 6.41. The maximum Gasteiger partial charge on any atom is 0.251 e. The molecule has 0 aromatic heterocycles. The van der Waals surface area contributed by atoms with E-state index in [0.29, 0.717) is 15.6 Å². The smallest absolute Gasteiger partial charge is 0.251 e. The Morgan fingerprint density at radius 1 is 1.14 bits per heavy atom. The summed E-state index contributed by atoms with van der Waals surface area (Å²) in [7, 11) is 1.60. The third-order valence-electron chi connectivity index (χ3n) is 3.13. The van der Waals surface area contributed by atoms with Crippen LogP contribution in [0.5, 0.6) is 5.75 Å². The Morgan fingerprint density at radius 2 is 1.86 bits per heavy atom. The zero-order chi connectivity index (χ0) is 15.4. The number of amides is 1. The van der Waals surface area contributed by atoms with E-state index in [2.05, 4.69) is 5.32 Å². The molecule has 0 radical (unpaired) electrons. The number of carbonyl (C=O) groups excluding carboxylic acids is 1. The fourth-order valence-electron chi connectivity index (χ4n) is 2.02. The first-order valence-corrected chi connectivity index (χ1v) is 7.17. The third kappa shape index (κ3) is 3.69. The van der Waals surface area contributed by atoms with Gasteiger partial charge in [-0.3, -0.25) is 4.79 Å². The van der Waals surface area contributed by atoms with E-state index in [9.17, 15) is 4.79 Å². The molecule has 0 unspecified atom stereocenters. The number of para-hydroxylation sites is 1. The number of hydrogen-bond donors (Lipinski definition) is 1. The van der Waals surface area contributed by atoms with Gasteiger partial charge in [0.2, 0.25) is 0 Å². The Bertz CT molecular complexity index is 658. The monoisotopic (exact) mass is 323 g/mol. The van der Waals surface area contributed by atoms with Crippen molar-refractivity contribution in [3.8, 4) is 5.75 Å². The molecule has 0 aliphatic carbocycles. The molecule has 5 heteroatoms. The molecule has 1 N–H and O–H groups in total. The number of hydrogen-bond acceptors (Lipinski definition) is 2. The Kier molecular flexibility index (Phi) is 5.10. The molecule has 21 heavy (non-hydrogen) atoms. The van der Waals surface area contributed by atoms with E-state index < -0.39 is 0 Å². The van der Waals surface area contributed by atoms with Crippen LogP contribution in [0.25, 0.3) is 0 Å². The summed E-state index contributed by atoms with van der Waals surface area (Å²) < 4.78 is 5.30. The highest BCUT2D eigenvalue weighted by Gasteiger charge is 2.15. The summed E-state index contributed by atoms with van der Waals surface area (Å²) in [4.78, 5) is 12.2. The highest BCUT2D eigenvalue weighted by atomic mass is 35.5. The number of rotatable bonds is 4. The molecule has 110 valence electrons. The molecule has 0 fully saturated rings. The van der Waals surface area contributed by atoms with E-state index in [0.717, 1.165) is 11.3 Å². The van der Waals surface area contributed by atoms with Gasteiger partial charge in [0.25, 0.3) is 5.91 Å². The molecule has 2 aromatic carbocycles. The van der Waals surface area contributed by atoms with E-state index in [1.54, 1.807) is 25.3 Å². The van der Waals surface area contributed by atoms with Crippen LogP contribution < -0.4 is 10.1 Å². The average Bonchev–Trinajstić information content (AvgIpc) is 2.49. The Hall–Kier alpha value is -1.71. The fraction of sp³-hybridized carbons (Fsp3) is 0.188. The summed E-state index contributed by atoms with van der Waals surface area (Å²) in [6.45, 7) is 1.90. The second-order valence-electron chi connectivity index (χ2n) is 4.57. The second kappa shape index (κ2) is 6.83. The van der Waals surface area contributed by atoms with Gasteiger partial charge in [-0.2, -0.15) is 0 Å². The van der Waals surface area contributed by atoms with Crippen molar-refractivity contribution >= 4 is 29.1 Å². The zero-order valence-electron chi connectivity index (χ0n) is 11.7.